The maximum absolute atomic E-state index is 9.85. The van der Waals surface area contributed by atoms with Gasteiger partial charge in [-0.2, -0.15) is 0 Å². The fraction of sp³-hybridized carbons (Fsp3) is 0.250. The number of methoxy groups -OCH3 is 1. The van der Waals surface area contributed by atoms with Crippen molar-refractivity contribution in [1.82, 2.24) is 0 Å². The highest BCUT2D eigenvalue weighted by atomic mass is 35.5. The van der Waals surface area contributed by atoms with E-state index in [0.717, 1.165) is 22.4 Å². The van der Waals surface area contributed by atoms with E-state index in [4.69, 9.17) is 16.3 Å². The van der Waals surface area contributed by atoms with Crippen LogP contribution in [0.25, 0.3) is 0 Å². The molecule has 0 spiro atoms. The first-order valence-electron chi connectivity index (χ1n) is 6.37. The lowest BCUT2D eigenvalue weighted by Gasteiger charge is -2.14. The summed E-state index contributed by atoms with van der Waals surface area (Å²) in [6.45, 7) is 4.46. The van der Waals surface area contributed by atoms with Crippen molar-refractivity contribution < 1.29 is 9.84 Å². The smallest absolute Gasteiger partial charge is 0.143 e. The van der Waals surface area contributed by atoms with Crippen LogP contribution in [0.15, 0.2) is 30.3 Å². The lowest BCUT2D eigenvalue weighted by Crippen LogP contribution is -2.02. The van der Waals surface area contributed by atoms with E-state index in [1.165, 1.54) is 0 Å². The van der Waals surface area contributed by atoms with E-state index < -0.39 is 0 Å². The molecule has 0 aliphatic heterocycles. The molecule has 0 bridgehead atoms. The third-order valence-corrected chi connectivity index (χ3v) is 3.59. The number of halogens is 1. The molecule has 0 fully saturated rings. The lowest BCUT2D eigenvalue weighted by molar-refractivity contribution is 0.416. The minimum absolute atomic E-state index is 0.285. The monoisotopic (exact) mass is 291 g/mol. The summed E-state index contributed by atoms with van der Waals surface area (Å²) >= 11 is 6.08. The Morgan fingerprint density at radius 3 is 2.65 bits per heavy atom. The Balaban J connectivity index is 2.22. The summed E-state index contributed by atoms with van der Waals surface area (Å²) in [7, 11) is 1.61. The van der Waals surface area contributed by atoms with E-state index in [1.54, 1.807) is 19.2 Å². The fourth-order valence-electron chi connectivity index (χ4n) is 2.02. The second-order valence-electron chi connectivity index (χ2n) is 4.79. The van der Waals surface area contributed by atoms with Gasteiger partial charge in [0.25, 0.3) is 0 Å². The number of aryl methyl sites for hydroxylation is 2. The molecular formula is C16H18ClNO2. The molecule has 20 heavy (non-hydrogen) atoms. The standard InChI is InChI=1S/C16H18ClNO2/c1-10-4-5-15(19)12(6-10)9-18-14-7-11(2)13(17)8-16(14)20-3/h4-8,18-19H,9H2,1-3H3. The summed E-state index contributed by atoms with van der Waals surface area (Å²) in [6.07, 6.45) is 0. The Morgan fingerprint density at radius 1 is 1.20 bits per heavy atom. The largest absolute Gasteiger partial charge is 0.508 e. The van der Waals surface area contributed by atoms with Crippen LogP contribution >= 0.6 is 11.6 Å². The molecule has 0 radical (unpaired) electrons. The number of hydrogen-bond acceptors (Lipinski definition) is 3. The number of ether oxygens (including phenoxy) is 1. The van der Waals surface area contributed by atoms with Gasteiger partial charge in [0.1, 0.15) is 11.5 Å². The zero-order valence-electron chi connectivity index (χ0n) is 11.8. The summed E-state index contributed by atoms with van der Waals surface area (Å²) in [5, 5.41) is 13.8. The first kappa shape index (κ1) is 14.5. The third kappa shape index (κ3) is 3.17. The molecule has 106 valence electrons. The summed E-state index contributed by atoms with van der Waals surface area (Å²) in [6, 6.07) is 9.27. The minimum Gasteiger partial charge on any atom is -0.508 e. The van der Waals surface area contributed by atoms with E-state index >= 15 is 0 Å². The van der Waals surface area contributed by atoms with Gasteiger partial charge in [0.15, 0.2) is 0 Å². The van der Waals surface area contributed by atoms with E-state index in [2.05, 4.69) is 5.32 Å². The Bertz CT molecular complexity index is 626. The van der Waals surface area contributed by atoms with Crippen molar-refractivity contribution in [3.8, 4) is 11.5 Å². The number of nitrogens with one attached hydrogen (secondary N) is 1. The van der Waals surface area contributed by atoms with Crippen LogP contribution in [-0.4, -0.2) is 12.2 Å². The Labute approximate surface area is 124 Å². The number of phenolic OH excluding ortho intramolecular Hbond substituents is 1. The molecule has 2 aromatic rings. The number of benzene rings is 2. The van der Waals surface area contributed by atoms with Gasteiger partial charge in [0.05, 0.1) is 12.8 Å². The number of anilines is 1. The predicted molar refractivity (Wildman–Crippen MR) is 82.9 cm³/mol. The van der Waals surface area contributed by atoms with Gasteiger partial charge in [0, 0.05) is 23.2 Å². The Morgan fingerprint density at radius 2 is 1.95 bits per heavy atom. The van der Waals surface area contributed by atoms with Crippen molar-refractivity contribution in [3.63, 3.8) is 0 Å². The average Bonchev–Trinajstić information content (AvgIpc) is 2.43. The molecule has 0 unspecified atom stereocenters. The molecule has 4 heteroatoms. The zero-order chi connectivity index (χ0) is 14.7. The van der Waals surface area contributed by atoms with Gasteiger partial charge in [0.2, 0.25) is 0 Å². The van der Waals surface area contributed by atoms with E-state index in [9.17, 15) is 5.11 Å². The van der Waals surface area contributed by atoms with Crippen molar-refractivity contribution in [1.29, 1.82) is 0 Å². The first-order chi connectivity index (χ1) is 9.51. The molecule has 0 amide bonds. The quantitative estimate of drug-likeness (QED) is 0.883. The molecular weight excluding hydrogens is 274 g/mol. The van der Waals surface area contributed by atoms with Crippen LogP contribution in [0.2, 0.25) is 5.02 Å². The second kappa shape index (κ2) is 6.06. The van der Waals surface area contributed by atoms with Crippen molar-refractivity contribution in [2.75, 3.05) is 12.4 Å². The summed E-state index contributed by atoms with van der Waals surface area (Å²) < 4.78 is 5.31. The summed E-state index contributed by atoms with van der Waals surface area (Å²) in [5.41, 5.74) is 3.79. The number of rotatable bonds is 4. The molecule has 0 aromatic heterocycles. The van der Waals surface area contributed by atoms with Crippen LogP contribution in [0, 0.1) is 13.8 Å². The highest BCUT2D eigenvalue weighted by Crippen LogP contribution is 2.31. The van der Waals surface area contributed by atoms with E-state index in [-0.39, 0.29) is 5.75 Å². The number of phenols is 1. The predicted octanol–water partition coefficient (Wildman–Crippen LogP) is 4.28. The fourth-order valence-corrected chi connectivity index (χ4v) is 2.17. The molecule has 0 heterocycles. The Hall–Kier alpha value is -1.87. The van der Waals surface area contributed by atoms with Crippen LogP contribution in [0.5, 0.6) is 11.5 Å². The van der Waals surface area contributed by atoms with E-state index in [1.807, 2.05) is 32.0 Å². The number of hydrogen-bond donors (Lipinski definition) is 2. The molecule has 3 nitrogen and oxygen atoms in total. The Kier molecular flexibility index (Phi) is 4.40. The highest BCUT2D eigenvalue weighted by molar-refractivity contribution is 6.31. The molecule has 0 aliphatic rings. The molecule has 2 N–H and O–H groups in total. The van der Waals surface area contributed by atoms with Gasteiger partial charge in [-0.25, -0.2) is 0 Å². The van der Waals surface area contributed by atoms with E-state index in [0.29, 0.717) is 17.3 Å². The van der Waals surface area contributed by atoms with Gasteiger partial charge in [-0.3, -0.25) is 0 Å². The van der Waals surface area contributed by atoms with Crippen molar-refractivity contribution in [2.24, 2.45) is 0 Å². The normalized spacial score (nSPS) is 10.4. The van der Waals surface area contributed by atoms with Crippen LogP contribution in [0.4, 0.5) is 5.69 Å². The second-order valence-corrected chi connectivity index (χ2v) is 5.19. The summed E-state index contributed by atoms with van der Waals surface area (Å²) in [5.74, 6) is 0.973. The highest BCUT2D eigenvalue weighted by Gasteiger charge is 2.08. The zero-order valence-corrected chi connectivity index (χ0v) is 12.6. The van der Waals surface area contributed by atoms with Crippen LogP contribution in [0.1, 0.15) is 16.7 Å². The lowest BCUT2D eigenvalue weighted by atomic mass is 10.1. The van der Waals surface area contributed by atoms with Gasteiger partial charge < -0.3 is 15.2 Å². The SMILES string of the molecule is COc1cc(Cl)c(C)cc1NCc1cc(C)ccc1O. The van der Waals surface area contributed by atoms with Gasteiger partial charge in [-0.1, -0.05) is 29.3 Å². The van der Waals surface area contributed by atoms with Gasteiger partial charge >= 0.3 is 0 Å². The maximum Gasteiger partial charge on any atom is 0.143 e. The average molecular weight is 292 g/mol. The molecule has 0 aliphatic carbocycles. The molecule has 2 aromatic carbocycles. The molecule has 0 atom stereocenters. The molecule has 0 saturated carbocycles. The van der Waals surface area contributed by atoms with Crippen LogP contribution in [-0.2, 0) is 6.54 Å². The third-order valence-electron chi connectivity index (χ3n) is 3.19. The van der Waals surface area contributed by atoms with Gasteiger partial charge in [-0.05, 0) is 31.5 Å². The van der Waals surface area contributed by atoms with Crippen molar-refractivity contribution >= 4 is 17.3 Å². The first-order valence-corrected chi connectivity index (χ1v) is 6.75. The topological polar surface area (TPSA) is 41.5 Å². The minimum atomic E-state index is 0.285. The van der Waals surface area contributed by atoms with Crippen LogP contribution in [0.3, 0.4) is 0 Å². The maximum atomic E-state index is 9.85. The number of aromatic hydroxyl groups is 1. The van der Waals surface area contributed by atoms with Crippen LogP contribution < -0.4 is 10.1 Å². The molecule has 0 saturated heterocycles. The molecule has 2 rings (SSSR count). The van der Waals surface area contributed by atoms with Crippen molar-refractivity contribution in [3.05, 3.63) is 52.0 Å². The van der Waals surface area contributed by atoms with Gasteiger partial charge in [-0.15, -0.1) is 0 Å². The van der Waals surface area contributed by atoms with Crippen molar-refractivity contribution in [2.45, 2.75) is 20.4 Å². The summed E-state index contributed by atoms with van der Waals surface area (Å²) in [4.78, 5) is 0.